The molecule has 0 saturated carbocycles. The molecule has 0 spiro atoms. The minimum atomic E-state index is -4.65. The van der Waals surface area contributed by atoms with E-state index in [4.69, 9.17) is 19.1 Å². The number of hydrogen-bond donors (Lipinski definition) is 4. The van der Waals surface area contributed by atoms with Crippen molar-refractivity contribution < 1.29 is 52.9 Å². The number of unbranched alkanes of at least 4 members (excludes halogenated alkanes) is 14. The zero-order chi connectivity index (χ0) is 42.8. The topological polar surface area (TPSA) is 169 Å². The van der Waals surface area contributed by atoms with Gasteiger partial charge in [0, 0.05) is 12.8 Å². The minimum Gasteiger partial charge on any atom is -0.462 e. The fraction of sp³-hybridized carbons (Fsp3) is 0.696. The van der Waals surface area contributed by atoms with Gasteiger partial charge in [0.1, 0.15) is 12.7 Å². The average molecular weight is 839 g/mol. The first kappa shape index (κ1) is 55.4. The van der Waals surface area contributed by atoms with Gasteiger partial charge in [-0.2, -0.15) is 0 Å². The highest BCUT2D eigenvalue weighted by Crippen LogP contribution is 2.43. The van der Waals surface area contributed by atoms with Gasteiger partial charge >= 0.3 is 19.8 Å². The van der Waals surface area contributed by atoms with E-state index in [-0.39, 0.29) is 19.4 Å². The number of aliphatic hydroxyl groups is 3. The Balaban J connectivity index is 4.47. The van der Waals surface area contributed by atoms with Gasteiger partial charge in [0.25, 0.3) is 0 Å². The predicted octanol–water partition coefficient (Wildman–Crippen LogP) is 10.6. The molecule has 0 fully saturated rings. The first-order valence-electron chi connectivity index (χ1n) is 22.0. The van der Waals surface area contributed by atoms with E-state index in [9.17, 15) is 29.3 Å². The lowest BCUT2D eigenvalue weighted by atomic mass is 10.1. The minimum absolute atomic E-state index is 0.0692. The third-order valence-corrected chi connectivity index (χ3v) is 9.86. The molecule has 0 aliphatic heterocycles. The Labute approximate surface area is 351 Å². The molecule has 11 nitrogen and oxygen atoms in total. The van der Waals surface area contributed by atoms with Crippen LogP contribution < -0.4 is 0 Å². The van der Waals surface area contributed by atoms with Gasteiger partial charge in [-0.15, -0.1) is 0 Å². The van der Waals surface area contributed by atoms with Crippen LogP contribution in [0.5, 0.6) is 0 Å². The zero-order valence-electron chi connectivity index (χ0n) is 35.8. The highest BCUT2D eigenvalue weighted by Gasteiger charge is 2.27. The second-order valence-corrected chi connectivity index (χ2v) is 16.0. The summed E-state index contributed by atoms with van der Waals surface area (Å²) in [6.45, 7) is 2.15. The number of allylic oxidation sites excluding steroid dienone is 10. The predicted molar refractivity (Wildman–Crippen MR) is 234 cm³/mol. The van der Waals surface area contributed by atoms with E-state index in [0.29, 0.717) is 32.1 Å². The summed E-state index contributed by atoms with van der Waals surface area (Å²) in [5, 5.41) is 28.4. The van der Waals surface area contributed by atoms with Crippen molar-refractivity contribution in [3.63, 3.8) is 0 Å². The fourth-order valence-electron chi connectivity index (χ4n) is 5.45. The maximum atomic E-state index is 12.6. The van der Waals surface area contributed by atoms with E-state index >= 15 is 0 Å². The Morgan fingerprint density at radius 3 is 1.72 bits per heavy atom. The lowest BCUT2D eigenvalue weighted by Gasteiger charge is -2.20. The molecule has 4 atom stereocenters. The van der Waals surface area contributed by atoms with Gasteiger partial charge in [0.15, 0.2) is 6.10 Å². The second-order valence-electron chi connectivity index (χ2n) is 14.6. The third kappa shape index (κ3) is 40.2. The third-order valence-electron chi connectivity index (χ3n) is 8.91. The van der Waals surface area contributed by atoms with E-state index < -0.39 is 57.9 Å². The molecule has 0 aromatic carbocycles. The first-order valence-corrected chi connectivity index (χ1v) is 23.5. The smallest absolute Gasteiger partial charge is 0.462 e. The van der Waals surface area contributed by atoms with E-state index in [1.54, 1.807) is 6.08 Å². The molecule has 0 heterocycles. The highest BCUT2D eigenvalue weighted by atomic mass is 31.2. The van der Waals surface area contributed by atoms with E-state index in [1.165, 1.54) is 57.8 Å². The van der Waals surface area contributed by atoms with Gasteiger partial charge in [-0.3, -0.25) is 18.6 Å². The Hall–Kier alpha value is -2.63. The molecule has 0 aromatic heterocycles. The van der Waals surface area contributed by atoms with E-state index in [0.717, 1.165) is 44.9 Å². The van der Waals surface area contributed by atoms with Crippen molar-refractivity contribution in [2.75, 3.05) is 26.4 Å². The van der Waals surface area contributed by atoms with Crippen LogP contribution in [0.4, 0.5) is 0 Å². The second kappa shape index (κ2) is 41.1. The van der Waals surface area contributed by atoms with Crippen LogP contribution in [0.1, 0.15) is 162 Å². The molecule has 0 bridgehead atoms. The number of aliphatic hydroxyl groups excluding tert-OH is 3. The molecule has 334 valence electrons. The number of phosphoric acid groups is 1. The molecular formula is C46H79O11P. The number of carbonyl (C=O) groups is 2. The Bertz CT molecular complexity index is 1210. The number of phosphoric ester groups is 1. The molecule has 0 aliphatic rings. The van der Waals surface area contributed by atoms with Crippen LogP contribution in [0.2, 0.25) is 0 Å². The monoisotopic (exact) mass is 839 g/mol. The van der Waals surface area contributed by atoms with Crippen LogP contribution in [-0.2, 0) is 32.7 Å². The van der Waals surface area contributed by atoms with Crippen LogP contribution in [0.3, 0.4) is 0 Å². The van der Waals surface area contributed by atoms with Gasteiger partial charge in [-0.05, 0) is 77.0 Å². The van der Waals surface area contributed by atoms with Crippen LogP contribution in [0.15, 0.2) is 72.9 Å². The molecule has 0 rings (SSSR count). The van der Waals surface area contributed by atoms with Crippen LogP contribution in [0, 0.1) is 0 Å². The molecule has 0 radical (unpaired) electrons. The molecule has 12 heteroatoms. The largest absolute Gasteiger partial charge is 0.472 e. The number of esters is 2. The van der Waals surface area contributed by atoms with Crippen molar-refractivity contribution in [3.05, 3.63) is 72.9 Å². The molecule has 0 aliphatic carbocycles. The molecule has 4 N–H and O–H groups in total. The Kier molecular flexibility index (Phi) is 39.3. The van der Waals surface area contributed by atoms with Gasteiger partial charge in [0.2, 0.25) is 0 Å². The molecule has 0 saturated heterocycles. The first-order chi connectivity index (χ1) is 28.1. The number of hydrogen-bond acceptors (Lipinski definition) is 10. The van der Waals surface area contributed by atoms with Crippen molar-refractivity contribution in [1.82, 2.24) is 0 Å². The van der Waals surface area contributed by atoms with Crippen molar-refractivity contribution in [3.8, 4) is 0 Å². The van der Waals surface area contributed by atoms with Crippen LogP contribution in [0.25, 0.3) is 0 Å². The number of carbonyl (C=O) groups excluding carboxylic acids is 2. The number of ether oxygens (including phenoxy) is 2. The lowest BCUT2D eigenvalue weighted by molar-refractivity contribution is -0.161. The van der Waals surface area contributed by atoms with Crippen LogP contribution >= 0.6 is 7.82 Å². The molecule has 0 amide bonds. The van der Waals surface area contributed by atoms with Crippen molar-refractivity contribution >= 4 is 19.8 Å². The van der Waals surface area contributed by atoms with Gasteiger partial charge in [0.05, 0.1) is 25.9 Å². The molecule has 0 aromatic rings. The summed E-state index contributed by atoms with van der Waals surface area (Å²) >= 11 is 0. The molecule has 58 heavy (non-hydrogen) atoms. The molecular weight excluding hydrogens is 759 g/mol. The SMILES string of the molecule is CCCCC/C=C\C=C/[C@H](O)C/C=C\C/C=C/CCCC(=O)O[C@H](COC(=O)CCCCCCCCC/C=C\C/C=C\CCCCC)COP(=O)(O)OC[C@@H](O)CO. The molecule has 1 unspecified atom stereocenters. The number of rotatable bonds is 40. The average Bonchev–Trinajstić information content (AvgIpc) is 3.21. The quantitative estimate of drug-likeness (QED) is 0.0152. The zero-order valence-corrected chi connectivity index (χ0v) is 36.7. The highest BCUT2D eigenvalue weighted by molar-refractivity contribution is 7.47. The van der Waals surface area contributed by atoms with Gasteiger partial charge < -0.3 is 29.7 Å². The summed E-state index contributed by atoms with van der Waals surface area (Å²) in [6.07, 6.45) is 43.2. The van der Waals surface area contributed by atoms with E-state index in [2.05, 4.69) is 48.8 Å². The lowest BCUT2D eigenvalue weighted by Crippen LogP contribution is -2.29. The fourth-order valence-corrected chi connectivity index (χ4v) is 6.24. The summed E-state index contributed by atoms with van der Waals surface area (Å²) < 4.78 is 32.6. The maximum Gasteiger partial charge on any atom is 0.472 e. The Morgan fingerprint density at radius 2 is 1.10 bits per heavy atom. The van der Waals surface area contributed by atoms with Gasteiger partial charge in [-0.1, -0.05) is 145 Å². The standard InChI is InChI=1S/C46H79O11P/c1-3-5-7-9-11-12-13-14-15-16-17-18-19-20-24-28-32-36-45(50)54-40-44(41-56-58(52,53)55-39-43(49)38-47)57-46(51)37-33-29-25-21-23-27-31-35-42(48)34-30-26-22-10-8-6-4-2/h11-12,14-15,21-22,25-27,30-31,34,42-44,47-49H,3-10,13,16-20,23-24,28-29,32-33,35-41H2,1-2H3,(H,52,53)/b12-11-,15-14-,25-21+,26-22-,31-27-,34-30-/t42-,43-,44+/m0/s1. The summed E-state index contributed by atoms with van der Waals surface area (Å²) in [4.78, 5) is 35.0. The summed E-state index contributed by atoms with van der Waals surface area (Å²) in [5.41, 5.74) is 0. The Morgan fingerprint density at radius 1 is 0.586 bits per heavy atom. The summed E-state index contributed by atoms with van der Waals surface area (Å²) in [7, 11) is -4.65. The normalized spacial score (nSPS) is 15.1. The van der Waals surface area contributed by atoms with Crippen molar-refractivity contribution in [1.29, 1.82) is 0 Å². The summed E-state index contributed by atoms with van der Waals surface area (Å²) in [6, 6.07) is 0. The summed E-state index contributed by atoms with van der Waals surface area (Å²) in [5.74, 6) is -1.05. The van der Waals surface area contributed by atoms with E-state index in [1.807, 2.05) is 36.5 Å². The van der Waals surface area contributed by atoms with Crippen molar-refractivity contribution in [2.45, 2.75) is 180 Å². The maximum absolute atomic E-state index is 12.6. The van der Waals surface area contributed by atoms with Crippen molar-refractivity contribution in [2.24, 2.45) is 0 Å². The van der Waals surface area contributed by atoms with Gasteiger partial charge in [-0.25, -0.2) is 4.57 Å². The van der Waals surface area contributed by atoms with Crippen LogP contribution in [-0.4, -0.2) is 76.9 Å².